The highest BCUT2D eigenvalue weighted by atomic mass is 16.5. The van der Waals surface area contributed by atoms with E-state index in [1.165, 1.54) is 32.4 Å². The van der Waals surface area contributed by atoms with Crippen molar-refractivity contribution in [3.8, 4) is 0 Å². The van der Waals surface area contributed by atoms with Gasteiger partial charge in [0.15, 0.2) is 0 Å². The maximum atomic E-state index is 6.44. The molecule has 0 radical (unpaired) electrons. The number of nitrogens with zero attached hydrogens (tertiary/aromatic N) is 2. The first-order chi connectivity index (χ1) is 12.8. The van der Waals surface area contributed by atoms with Crippen molar-refractivity contribution in [3.05, 3.63) is 0 Å². The third-order valence-electron chi connectivity index (χ3n) is 7.43. The van der Waals surface area contributed by atoms with Gasteiger partial charge in [-0.1, -0.05) is 13.8 Å². The van der Waals surface area contributed by atoms with Crippen LogP contribution in [0.15, 0.2) is 0 Å². The van der Waals surface area contributed by atoms with Crippen molar-refractivity contribution in [1.29, 1.82) is 0 Å². The molecular weight excluding hydrogens is 348 g/mol. The Morgan fingerprint density at radius 2 is 1.64 bits per heavy atom. The highest BCUT2D eigenvalue weighted by molar-refractivity contribution is 5.10. The first-order valence-corrected chi connectivity index (χ1v) is 11.5. The Kier molecular flexibility index (Phi) is 6.30. The van der Waals surface area contributed by atoms with E-state index in [0.717, 1.165) is 31.0 Å². The van der Waals surface area contributed by atoms with E-state index >= 15 is 0 Å². The zero-order valence-corrected chi connectivity index (χ0v) is 20.0. The van der Waals surface area contributed by atoms with Gasteiger partial charge in [-0.3, -0.25) is 0 Å². The van der Waals surface area contributed by atoms with Gasteiger partial charge in [0, 0.05) is 25.2 Å². The lowest BCUT2D eigenvalue weighted by molar-refractivity contribution is -0.0469. The molecule has 5 atom stereocenters. The molecule has 0 aromatic rings. The number of fused-ring (bicyclic) bond motifs is 1. The SMILES string of the molecule is CN1CC(C)(C)C[C@H]1COC(C)(C)CCC1[C@H]2[C@@H]1CN(C)[C@@H]2COC(C)(C)C. The van der Waals surface area contributed by atoms with Gasteiger partial charge in [-0.2, -0.15) is 0 Å². The van der Waals surface area contributed by atoms with E-state index in [-0.39, 0.29) is 11.2 Å². The molecule has 3 aliphatic rings. The molecule has 1 unspecified atom stereocenters. The molecule has 164 valence electrons. The number of piperidine rings is 1. The summed E-state index contributed by atoms with van der Waals surface area (Å²) in [6, 6.07) is 1.18. The molecule has 0 amide bonds. The number of hydrogen-bond acceptors (Lipinski definition) is 4. The summed E-state index contributed by atoms with van der Waals surface area (Å²) in [5.74, 6) is 2.60. The molecule has 0 bridgehead atoms. The number of ether oxygens (including phenoxy) is 2. The van der Waals surface area contributed by atoms with E-state index in [0.29, 0.717) is 17.5 Å². The van der Waals surface area contributed by atoms with Gasteiger partial charge in [-0.25, -0.2) is 0 Å². The van der Waals surface area contributed by atoms with E-state index in [4.69, 9.17) is 9.47 Å². The molecule has 0 N–H and O–H groups in total. The fraction of sp³-hybridized carbons (Fsp3) is 1.00. The molecule has 1 saturated carbocycles. The maximum absolute atomic E-state index is 6.44. The molecule has 3 fully saturated rings. The van der Waals surface area contributed by atoms with Gasteiger partial charge in [0.2, 0.25) is 0 Å². The van der Waals surface area contributed by atoms with Crippen molar-refractivity contribution in [1.82, 2.24) is 9.80 Å². The summed E-state index contributed by atoms with van der Waals surface area (Å²) in [6.45, 7) is 20.0. The van der Waals surface area contributed by atoms with E-state index in [1.54, 1.807) is 0 Å². The summed E-state index contributed by atoms with van der Waals surface area (Å²) in [5.41, 5.74) is 0.365. The molecular formula is C24H46N2O2. The molecule has 2 aliphatic heterocycles. The van der Waals surface area contributed by atoms with Gasteiger partial charge < -0.3 is 19.3 Å². The lowest BCUT2D eigenvalue weighted by atomic mass is 9.91. The third kappa shape index (κ3) is 5.50. The standard InChI is InChI=1S/C24H46N2O2/c1-22(2,3)27-15-20-21-18(19(21)13-25(20)8)10-11-24(6,7)28-14-17-12-23(4,5)16-26(17)9/h17-21H,10-16H2,1-9H3/t17-,18?,19+,20+,21-/m0/s1. The Balaban J connectivity index is 1.42. The molecule has 28 heavy (non-hydrogen) atoms. The Bertz CT molecular complexity index is 539. The van der Waals surface area contributed by atoms with Crippen molar-refractivity contribution < 1.29 is 9.47 Å². The quantitative estimate of drug-likeness (QED) is 0.613. The predicted molar refractivity (Wildman–Crippen MR) is 117 cm³/mol. The summed E-state index contributed by atoms with van der Waals surface area (Å²) < 4.78 is 12.6. The van der Waals surface area contributed by atoms with Gasteiger partial charge >= 0.3 is 0 Å². The smallest absolute Gasteiger partial charge is 0.0631 e. The van der Waals surface area contributed by atoms with Gasteiger partial charge in [0.25, 0.3) is 0 Å². The second-order valence-electron chi connectivity index (χ2n) is 12.4. The van der Waals surface area contributed by atoms with Crippen LogP contribution in [-0.2, 0) is 9.47 Å². The van der Waals surface area contributed by atoms with E-state index in [9.17, 15) is 0 Å². The minimum absolute atomic E-state index is 0.0201. The minimum atomic E-state index is -0.0406. The van der Waals surface area contributed by atoms with Crippen LogP contribution >= 0.6 is 0 Å². The highest BCUT2D eigenvalue weighted by Crippen LogP contribution is 2.57. The first-order valence-electron chi connectivity index (χ1n) is 11.5. The van der Waals surface area contributed by atoms with Crippen molar-refractivity contribution >= 4 is 0 Å². The molecule has 4 heteroatoms. The largest absolute Gasteiger partial charge is 0.374 e. The molecule has 2 saturated heterocycles. The van der Waals surface area contributed by atoms with Crippen LogP contribution in [0.4, 0.5) is 0 Å². The van der Waals surface area contributed by atoms with Crippen molar-refractivity contribution in [2.45, 2.75) is 91.0 Å². The summed E-state index contributed by atoms with van der Waals surface area (Å²) in [5, 5.41) is 0. The van der Waals surface area contributed by atoms with Crippen LogP contribution in [-0.4, -0.2) is 73.5 Å². The second-order valence-corrected chi connectivity index (χ2v) is 12.4. The van der Waals surface area contributed by atoms with Crippen molar-refractivity contribution in [2.75, 3.05) is 40.4 Å². The van der Waals surface area contributed by atoms with E-state index in [1.807, 2.05) is 0 Å². The number of likely N-dealkylation sites (tertiary alicyclic amines) is 2. The van der Waals surface area contributed by atoms with Crippen molar-refractivity contribution in [2.24, 2.45) is 23.2 Å². The topological polar surface area (TPSA) is 24.9 Å². The summed E-state index contributed by atoms with van der Waals surface area (Å²) in [4.78, 5) is 5.01. The predicted octanol–water partition coefficient (Wildman–Crippen LogP) is 4.28. The summed E-state index contributed by atoms with van der Waals surface area (Å²) >= 11 is 0. The van der Waals surface area contributed by atoms with Crippen LogP contribution in [0.1, 0.15) is 67.7 Å². The minimum Gasteiger partial charge on any atom is -0.374 e. The van der Waals surface area contributed by atoms with Crippen LogP contribution in [0.5, 0.6) is 0 Å². The molecule has 3 rings (SSSR count). The lowest BCUT2D eigenvalue weighted by Crippen LogP contribution is -2.38. The lowest BCUT2D eigenvalue weighted by Gasteiger charge is -2.31. The van der Waals surface area contributed by atoms with Crippen molar-refractivity contribution in [3.63, 3.8) is 0 Å². The normalized spacial score (nSPS) is 36.1. The highest BCUT2D eigenvalue weighted by Gasteiger charge is 2.59. The van der Waals surface area contributed by atoms with Crippen LogP contribution < -0.4 is 0 Å². The van der Waals surface area contributed by atoms with Crippen LogP contribution in [0.3, 0.4) is 0 Å². The number of likely N-dealkylation sites (N-methyl/N-ethyl adjacent to an activating group) is 2. The summed E-state index contributed by atoms with van der Waals surface area (Å²) in [7, 11) is 4.52. The van der Waals surface area contributed by atoms with E-state index < -0.39 is 0 Å². The molecule has 0 aromatic carbocycles. The van der Waals surface area contributed by atoms with Gasteiger partial charge in [-0.15, -0.1) is 0 Å². The fourth-order valence-corrected chi connectivity index (χ4v) is 5.80. The fourth-order valence-electron chi connectivity index (χ4n) is 5.80. The number of hydrogen-bond donors (Lipinski definition) is 0. The van der Waals surface area contributed by atoms with Crippen LogP contribution in [0, 0.1) is 23.2 Å². The molecule has 0 aromatic heterocycles. The van der Waals surface area contributed by atoms with Gasteiger partial charge in [0.1, 0.15) is 0 Å². The molecule has 1 aliphatic carbocycles. The number of rotatable bonds is 8. The Hall–Kier alpha value is -0.160. The Morgan fingerprint density at radius 1 is 0.964 bits per heavy atom. The van der Waals surface area contributed by atoms with Crippen LogP contribution in [0.2, 0.25) is 0 Å². The van der Waals surface area contributed by atoms with Gasteiger partial charge in [-0.05, 0) is 91.1 Å². The third-order valence-corrected chi connectivity index (χ3v) is 7.43. The second kappa shape index (κ2) is 7.83. The Morgan fingerprint density at radius 3 is 2.21 bits per heavy atom. The molecule has 0 spiro atoms. The van der Waals surface area contributed by atoms with Crippen LogP contribution in [0.25, 0.3) is 0 Å². The summed E-state index contributed by atoms with van der Waals surface area (Å²) in [6.07, 6.45) is 3.71. The Labute approximate surface area is 174 Å². The zero-order chi connectivity index (χ0) is 20.9. The van der Waals surface area contributed by atoms with Gasteiger partial charge in [0.05, 0.1) is 24.4 Å². The zero-order valence-electron chi connectivity index (χ0n) is 20.0. The maximum Gasteiger partial charge on any atom is 0.0631 e. The molecule has 4 nitrogen and oxygen atoms in total. The average molecular weight is 395 g/mol. The molecule has 2 heterocycles. The first kappa shape index (κ1) is 22.5. The van der Waals surface area contributed by atoms with E-state index in [2.05, 4.69) is 72.4 Å². The monoisotopic (exact) mass is 394 g/mol. The average Bonchev–Trinajstić information content (AvgIpc) is 2.96.